The minimum absolute atomic E-state index is 0.606. The van der Waals surface area contributed by atoms with E-state index in [0.717, 1.165) is 54.8 Å². The summed E-state index contributed by atoms with van der Waals surface area (Å²) in [6, 6.07) is 56.9. The van der Waals surface area contributed by atoms with Crippen molar-refractivity contribution in [1.82, 2.24) is 15.0 Å². The van der Waals surface area contributed by atoms with Gasteiger partial charge in [0.05, 0.1) is 0 Å². The maximum absolute atomic E-state index is 6.26. The average molecular weight is 626 g/mol. The summed E-state index contributed by atoms with van der Waals surface area (Å²) >= 11 is 0. The fraction of sp³-hybridized carbons (Fsp3) is 0. The number of benzene rings is 8. The van der Waals surface area contributed by atoms with E-state index >= 15 is 0 Å². The minimum Gasteiger partial charge on any atom is -0.456 e. The Morgan fingerprint density at radius 1 is 0.306 bits per heavy atom. The molecule has 0 saturated heterocycles. The summed E-state index contributed by atoms with van der Waals surface area (Å²) in [5.74, 6) is 1.86. The van der Waals surface area contributed by atoms with Crippen molar-refractivity contribution in [2.45, 2.75) is 0 Å². The van der Waals surface area contributed by atoms with Gasteiger partial charge in [-0.3, -0.25) is 0 Å². The second-order valence-electron chi connectivity index (χ2n) is 12.3. The molecule has 228 valence electrons. The van der Waals surface area contributed by atoms with Crippen molar-refractivity contribution in [3.8, 4) is 45.3 Å². The van der Waals surface area contributed by atoms with Crippen molar-refractivity contribution in [3.63, 3.8) is 0 Å². The van der Waals surface area contributed by atoms with Crippen LogP contribution < -0.4 is 0 Å². The molecule has 49 heavy (non-hydrogen) atoms. The van der Waals surface area contributed by atoms with Crippen LogP contribution in [0, 0.1) is 0 Å². The summed E-state index contributed by atoms with van der Waals surface area (Å²) < 4.78 is 6.26. The van der Waals surface area contributed by atoms with Crippen LogP contribution in [-0.2, 0) is 0 Å². The molecule has 0 N–H and O–H groups in total. The van der Waals surface area contributed by atoms with Gasteiger partial charge in [0.15, 0.2) is 17.5 Å². The van der Waals surface area contributed by atoms with Gasteiger partial charge in [-0.25, -0.2) is 15.0 Å². The van der Waals surface area contributed by atoms with Crippen LogP contribution >= 0.6 is 0 Å². The van der Waals surface area contributed by atoms with Gasteiger partial charge in [0, 0.05) is 27.5 Å². The summed E-state index contributed by atoms with van der Waals surface area (Å²) in [5, 5.41) is 9.04. The largest absolute Gasteiger partial charge is 0.456 e. The lowest BCUT2D eigenvalue weighted by atomic mass is 9.89. The molecule has 0 aliphatic rings. The van der Waals surface area contributed by atoms with Crippen molar-refractivity contribution < 1.29 is 4.42 Å². The number of hydrogen-bond donors (Lipinski definition) is 0. The zero-order chi connectivity index (χ0) is 32.3. The lowest BCUT2D eigenvalue weighted by molar-refractivity contribution is 0.669. The summed E-state index contributed by atoms with van der Waals surface area (Å²) in [6.45, 7) is 0. The van der Waals surface area contributed by atoms with Crippen molar-refractivity contribution >= 4 is 54.3 Å². The standard InChI is InChI=1S/C45H27N3O/c1-3-14-28(15-4-1)36-26-37-32-20-9-10-21-33(32)39(27-38(37)31-19-8-7-18-30(31)36)45-47-43(29-16-5-2-6-17-29)46-44(48-45)35-23-13-25-41-42(35)34-22-11-12-24-40(34)49-41/h1-27H. The van der Waals surface area contributed by atoms with Crippen LogP contribution in [0.5, 0.6) is 0 Å². The Kier molecular flexibility index (Phi) is 6.15. The number of hydrogen-bond acceptors (Lipinski definition) is 4. The number of rotatable bonds is 4. The Morgan fingerprint density at radius 3 is 1.49 bits per heavy atom. The van der Waals surface area contributed by atoms with Crippen LogP contribution in [-0.4, -0.2) is 15.0 Å². The minimum atomic E-state index is 0.606. The molecule has 0 spiro atoms. The van der Waals surface area contributed by atoms with Gasteiger partial charge in [0.2, 0.25) is 0 Å². The van der Waals surface area contributed by atoms with Gasteiger partial charge < -0.3 is 4.42 Å². The van der Waals surface area contributed by atoms with E-state index in [1.807, 2.05) is 60.7 Å². The van der Waals surface area contributed by atoms with E-state index in [4.69, 9.17) is 19.4 Å². The quantitative estimate of drug-likeness (QED) is 0.183. The van der Waals surface area contributed by atoms with Crippen molar-refractivity contribution in [2.24, 2.45) is 0 Å². The SMILES string of the molecule is c1ccc(-c2nc(-c3cc4c5ccccc5c(-c5ccccc5)cc4c4ccccc34)nc(-c3cccc4oc5ccccc5c34)n2)cc1. The van der Waals surface area contributed by atoms with E-state index in [0.29, 0.717) is 17.5 Å². The van der Waals surface area contributed by atoms with E-state index in [2.05, 4.69) is 103 Å². The van der Waals surface area contributed by atoms with E-state index in [-0.39, 0.29) is 0 Å². The maximum Gasteiger partial charge on any atom is 0.164 e. The number of furan rings is 1. The highest BCUT2D eigenvalue weighted by molar-refractivity contribution is 6.23. The molecule has 0 saturated carbocycles. The van der Waals surface area contributed by atoms with Crippen molar-refractivity contribution in [3.05, 3.63) is 164 Å². The first-order chi connectivity index (χ1) is 24.3. The molecule has 10 rings (SSSR count). The molecule has 0 radical (unpaired) electrons. The summed E-state index contributed by atoms with van der Waals surface area (Å²) in [7, 11) is 0. The fourth-order valence-electron chi connectivity index (χ4n) is 7.29. The van der Waals surface area contributed by atoms with Crippen molar-refractivity contribution in [1.29, 1.82) is 0 Å². The number of fused-ring (bicyclic) bond motifs is 8. The smallest absolute Gasteiger partial charge is 0.164 e. The van der Waals surface area contributed by atoms with Crippen LogP contribution in [0.25, 0.3) is 99.5 Å². The average Bonchev–Trinajstić information content (AvgIpc) is 3.57. The molecule has 4 heteroatoms. The molecule has 0 bridgehead atoms. The second-order valence-corrected chi connectivity index (χ2v) is 12.3. The molecular formula is C45H27N3O. The van der Waals surface area contributed by atoms with E-state index in [1.165, 1.54) is 27.3 Å². The Balaban J connectivity index is 1.30. The number of para-hydroxylation sites is 1. The van der Waals surface area contributed by atoms with Crippen LogP contribution in [0.15, 0.2) is 168 Å². The predicted molar refractivity (Wildman–Crippen MR) is 201 cm³/mol. The van der Waals surface area contributed by atoms with Gasteiger partial charge in [-0.1, -0.05) is 140 Å². The highest BCUT2D eigenvalue weighted by atomic mass is 16.3. The molecule has 10 aromatic rings. The third-order valence-corrected chi connectivity index (χ3v) is 9.52. The third-order valence-electron chi connectivity index (χ3n) is 9.52. The second kappa shape index (κ2) is 11.0. The molecule has 0 amide bonds. The maximum atomic E-state index is 6.26. The van der Waals surface area contributed by atoms with Gasteiger partial charge in [0.25, 0.3) is 0 Å². The van der Waals surface area contributed by atoms with Crippen LogP contribution in [0.2, 0.25) is 0 Å². The van der Waals surface area contributed by atoms with Gasteiger partial charge in [-0.05, 0) is 67.7 Å². The summed E-state index contributed by atoms with van der Waals surface area (Å²) in [5.41, 5.74) is 6.86. The van der Waals surface area contributed by atoms with Gasteiger partial charge in [-0.15, -0.1) is 0 Å². The lowest BCUT2D eigenvalue weighted by Gasteiger charge is -2.16. The third kappa shape index (κ3) is 4.42. The monoisotopic (exact) mass is 625 g/mol. The molecule has 4 nitrogen and oxygen atoms in total. The molecule has 8 aromatic carbocycles. The zero-order valence-corrected chi connectivity index (χ0v) is 26.3. The number of nitrogens with zero attached hydrogens (tertiary/aromatic N) is 3. The molecule has 0 fully saturated rings. The molecule has 0 aliphatic carbocycles. The lowest BCUT2D eigenvalue weighted by Crippen LogP contribution is -2.01. The van der Waals surface area contributed by atoms with Gasteiger partial charge in [0.1, 0.15) is 11.2 Å². The first kappa shape index (κ1) is 27.5. The van der Waals surface area contributed by atoms with E-state index in [1.54, 1.807) is 0 Å². The van der Waals surface area contributed by atoms with Crippen LogP contribution in [0.1, 0.15) is 0 Å². The van der Waals surface area contributed by atoms with E-state index in [9.17, 15) is 0 Å². The Bertz CT molecular complexity index is 2880. The molecule has 0 atom stereocenters. The first-order valence-corrected chi connectivity index (χ1v) is 16.5. The van der Waals surface area contributed by atoms with Crippen LogP contribution in [0.4, 0.5) is 0 Å². The van der Waals surface area contributed by atoms with Crippen molar-refractivity contribution in [2.75, 3.05) is 0 Å². The molecule has 0 aliphatic heterocycles. The topological polar surface area (TPSA) is 51.8 Å². The predicted octanol–water partition coefficient (Wildman–Crippen LogP) is 11.9. The molecule has 2 heterocycles. The molecular weight excluding hydrogens is 599 g/mol. The first-order valence-electron chi connectivity index (χ1n) is 16.5. The Labute approximate surface area is 282 Å². The number of aromatic nitrogens is 3. The zero-order valence-electron chi connectivity index (χ0n) is 26.3. The summed E-state index contributed by atoms with van der Waals surface area (Å²) in [6.07, 6.45) is 0. The molecule has 0 unspecified atom stereocenters. The van der Waals surface area contributed by atoms with Gasteiger partial charge >= 0.3 is 0 Å². The highest BCUT2D eigenvalue weighted by Gasteiger charge is 2.20. The summed E-state index contributed by atoms with van der Waals surface area (Å²) in [4.78, 5) is 15.6. The molecule has 2 aromatic heterocycles. The van der Waals surface area contributed by atoms with Crippen LogP contribution in [0.3, 0.4) is 0 Å². The fourth-order valence-corrected chi connectivity index (χ4v) is 7.29. The Morgan fingerprint density at radius 2 is 0.796 bits per heavy atom. The van der Waals surface area contributed by atoms with E-state index < -0.39 is 0 Å². The van der Waals surface area contributed by atoms with Gasteiger partial charge in [-0.2, -0.15) is 0 Å². The highest BCUT2D eigenvalue weighted by Crippen LogP contribution is 2.42. The Hall–Kier alpha value is -6.65. The normalized spacial score (nSPS) is 11.7.